The number of fused-ring (bicyclic) bond motifs is 2. The van der Waals surface area contributed by atoms with Crippen LogP contribution in [0.2, 0.25) is 5.15 Å². The van der Waals surface area contributed by atoms with E-state index in [-0.39, 0.29) is 0 Å². The van der Waals surface area contributed by atoms with Gasteiger partial charge in [-0.15, -0.1) is 0 Å². The van der Waals surface area contributed by atoms with Crippen molar-refractivity contribution in [2.75, 3.05) is 11.4 Å². The molecule has 3 heterocycles. The monoisotopic (exact) mass is 285 g/mol. The Hall–Kier alpha value is -2.14. The first-order valence-corrected chi connectivity index (χ1v) is 6.92. The Morgan fingerprint density at radius 3 is 3.05 bits per heavy atom. The van der Waals surface area contributed by atoms with Gasteiger partial charge in [0.1, 0.15) is 17.3 Å². The van der Waals surface area contributed by atoms with Crippen molar-refractivity contribution in [1.82, 2.24) is 19.6 Å². The van der Waals surface area contributed by atoms with Crippen LogP contribution in [0, 0.1) is 0 Å². The normalized spacial score (nSPS) is 14.6. The Morgan fingerprint density at radius 2 is 2.10 bits per heavy atom. The van der Waals surface area contributed by atoms with E-state index in [0.29, 0.717) is 10.9 Å². The molecule has 20 heavy (non-hydrogen) atoms. The Balaban J connectivity index is 1.94. The molecule has 4 rings (SSSR count). The van der Waals surface area contributed by atoms with E-state index >= 15 is 0 Å². The molecular weight excluding hydrogens is 274 g/mol. The van der Waals surface area contributed by atoms with Crippen molar-refractivity contribution < 1.29 is 0 Å². The van der Waals surface area contributed by atoms with Gasteiger partial charge in [-0.05, 0) is 24.5 Å². The minimum absolute atomic E-state index is 0.434. The molecule has 3 aromatic rings. The SMILES string of the molecule is Clc1cc(N2CCCc3ccccc32)n2ncnc2n1. The molecule has 2 aromatic heterocycles. The van der Waals surface area contributed by atoms with Gasteiger partial charge in [-0.2, -0.15) is 19.6 Å². The molecule has 0 saturated carbocycles. The van der Waals surface area contributed by atoms with Crippen LogP contribution in [-0.4, -0.2) is 26.1 Å². The quantitative estimate of drug-likeness (QED) is 0.645. The average molecular weight is 286 g/mol. The van der Waals surface area contributed by atoms with E-state index in [1.165, 1.54) is 17.6 Å². The molecule has 1 aliphatic rings. The molecule has 100 valence electrons. The lowest BCUT2D eigenvalue weighted by Gasteiger charge is -2.31. The van der Waals surface area contributed by atoms with Crippen LogP contribution in [-0.2, 0) is 6.42 Å². The Kier molecular flexibility index (Phi) is 2.60. The zero-order valence-corrected chi connectivity index (χ0v) is 11.5. The van der Waals surface area contributed by atoms with E-state index in [2.05, 4.69) is 44.2 Å². The molecule has 0 atom stereocenters. The summed E-state index contributed by atoms with van der Waals surface area (Å²) in [5.74, 6) is 1.43. The van der Waals surface area contributed by atoms with E-state index in [4.69, 9.17) is 11.6 Å². The number of para-hydroxylation sites is 1. The average Bonchev–Trinajstić information content (AvgIpc) is 2.94. The van der Waals surface area contributed by atoms with Gasteiger partial charge in [0.15, 0.2) is 0 Å². The third-order valence-electron chi connectivity index (χ3n) is 3.59. The number of benzene rings is 1. The maximum Gasteiger partial charge on any atom is 0.255 e. The molecule has 0 radical (unpaired) electrons. The number of hydrogen-bond acceptors (Lipinski definition) is 4. The summed E-state index contributed by atoms with van der Waals surface area (Å²) in [6, 6.07) is 10.3. The highest BCUT2D eigenvalue weighted by atomic mass is 35.5. The minimum Gasteiger partial charge on any atom is -0.326 e. The Bertz CT molecular complexity index is 782. The predicted octanol–water partition coefficient (Wildman–Crippen LogP) is 2.86. The van der Waals surface area contributed by atoms with Gasteiger partial charge in [0.25, 0.3) is 5.78 Å². The second kappa shape index (κ2) is 4.45. The summed E-state index contributed by atoms with van der Waals surface area (Å²) in [7, 11) is 0. The molecule has 0 unspecified atom stereocenters. The predicted molar refractivity (Wildman–Crippen MR) is 77.6 cm³/mol. The number of aromatic nitrogens is 4. The summed E-state index contributed by atoms with van der Waals surface area (Å²) in [5.41, 5.74) is 2.55. The second-order valence-electron chi connectivity index (χ2n) is 4.79. The molecule has 0 bridgehead atoms. The van der Waals surface area contributed by atoms with E-state index in [1.54, 1.807) is 4.52 Å². The van der Waals surface area contributed by atoms with Gasteiger partial charge in [-0.1, -0.05) is 29.8 Å². The molecule has 0 saturated heterocycles. The van der Waals surface area contributed by atoms with E-state index in [9.17, 15) is 0 Å². The van der Waals surface area contributed by atoms with Gasteiger partial charge in [0.05, 0.1) is 0 Å². The summed E-state index contributed by atoms with van der Waals surface area (Å²) in [4.78, 5) is 10.5. The first kappa shape index (κ1) is 11.7. The first-order chi connectivity index (χ1) is 9.83. The highest BCUT2D eigenvalue weighted by Gasteiger charge is 2.21. The van der Waals surface area contributed by atoms with E-state index in [1.807, 2.05) is 6.07 Å². The van der Waals surface area contributed by atoms with Gasteiger partial charge in [-0.3, -0.25) is 0 Å². The summed E-state index contributed by atoms with van der Waals surface area (Å²) in [6.07, 6.45) is 3.71. The molecule has 0 N–H and O–H groups in total. The number of rotatable bonds is 1. The molecule has 0 spiro atoms. The van der Waals surface area contributed by atoms with Crippen molar-refractivity contribution in [2.24, 2.45) is 0 Å². The van der Waals surface area contributed by atoms with Crippen LogP contribution < -0.4 is 4.90 Å². The number of hydrogen-bond donors (Lipinski definition) is 0. The lowest BCUT2D eigenvalue weighted by Crippen LogP contribution is -2.26. The summed E-state index contributed by atoms with van der Waals surface area (Å²) in [6.45, 7) is 0.937. The van der Waals surface area contributed by atoms with Crippen molar-refractivity contribution in [1.29, 1.82) is 0 Å². The van der Waals surface area contributed by atoms with Crippen LogP contribution in [0.5, 0.6) is 0 Å². The lowest BCUT2D eigenvalue weighted by atomic mass is 10.0. The second-order valence-corrected chi connectivity index (χ2v) is 5.18. The van der Waals surface area contributed by atoms with Crippen LogP contribution in [0.1, 0.15) is 12.0 Å². The summed E-state index contributed by atoms with van der Waals surface area (Å²) < 4.78 is 1.73. The maximum atomic E-state index is 6.11. The summed E-state index contributed by atoms with van der Waals surface area (Å²) >= 11 is 6.11. The standard InChI is InChI=1S/C14H12ClN5/c15-12-8-13(20-14(18-12)16-9-17-20)19-7-3-5-10-4-1-2-6-11(10)19/h1-2,4,6,8-9H,3,5,7H2. The molecule has 0 aliphatic carbocycles. The molecular formula is C14H12ClN5. The number of anilines is 2. The highest BCUT2D eigenvalue weighted by Crippen LogP contribution is 2.33. The van der Waals surface area contributed by atoms with Crippen LogP contribution in [0.3, 0.4) is 0 Å². The van der Waals surface area contributed by atoms with Crippen LogP contribution in [0.15, 0.2) is 36.7 Å². The smallest absolute Gasteiger partial charge is 0.255 e. The largest absolute Gasteiger partial charge is 0.326 e. The fraction of sp³-hybridized carbons (Fsp3) is 0.214. The highest BCUT2D eigenvalue weighted by molar-refractivity contribution is 6.29. The molecule has 0 fully saturated rings. The van der Waals surface area contributed by atoms with Crippen LogP contribution >= 0.6 is 11.6 Å². The number of aryl methyl sites for hydroxylation is 1. The van der Waals surface area contributed by atoms with Crippen molar-refractivity contribution in [3.63, 3.8) is 0 Å². The zero-order valence-electron chi connectivity index (χ0n) is 10.7. The van der Waals surface area contributed by atoms with Crippen LogP contribution in [0.25, 0.3) is 5.78 Å². The van der Waals surface area contributed by atoms with Crippen molar-refractivity contribution in [2.45, 2.75) is 12.8 Å². The van der Waals surface area contributed by atoms with Crippen molar-refractivity contribution >= 4 is 28.9 Å². The van der Waals surface area contributed by atoms with Gasteiger partial charge >= 0.3 is 0 Å². The Labute approximate surface area is 120 Å². The van der Waals surface area contributed by atoms with Crippen molar-refractivity contribution in [3.05, 3.63) is 47.4 Å². The fourth-order valence-electron chi connectivity index (χ4n) is 2.73. The molecule has 6 heteroatoms. The molecule has 0 amide bonds. The number of halogens is 1. The molecule has 5 nitrogen and oxygen atoms in total. The van der Waals surface area contributed by atoms with Gasteiger partial charge in [-0.25, -0.2) is 0 Å². The first-order valence-electron chi connectivity index (χ1n) is 6.55. The van der Waals surface area contributed by atoms with Crippen molar-refractivity contribution in [3.8, 4) is 0 Å². The zero-order chi connectivity index (χ0) is 13.5. The van der Waals surface area contributed by atoms with E-state index in [0.717, 1.165) is 25.2 Å². The van der Waals surface area contributed by atoms with Gasteiger partial charge < -0.3 is 4.90 Å². The fourth-order valence-corrected chi connectivity index (χ4v) is 2.91. The van der Waals surface area contributed by atoms with Gasteiger partial charge in [0.2, 0.25) is 0 Å². The minimum atomic E-state index is 0.434. The lowest BCUT2D eigenvalue weighted by molar-refractivity contribution is 0.745. The van der Waals surface area contributed by atoms with Crippen LogP contribution in [0.4, 0.5) is 11.5 Å². The van der Waals surface area contributed by atoms with E-state index < -0.39 is 0 Å². The summed E-state index contributed by atoms with van der Waals surface area (Å²) in [5, 5.41) is 4.68. The maximum absolute atomic E-state index is 6.11. The topological polar surface area (TPSA) is 46.3 Å². The number of nitrogens with zero attached hydrogens (tertiary/aromatic N) is 5. The third kappa shape index (κ3) is 1.74. The molecule has 1 aliphatic heterocycles. The molecule has 1 aromatic carbocycles. The Morgan fingerprint density at radius 1 is 1.20 bits per heavy atom. The third-order valence-corrected chi connectivity index (χ3v) is 3.78. The van der Waals surface area contributed by atoms with Gasteiger partial charge in [0, 0.05) is 18.3 Å².